The largest absolute Gasteiger partial charge is 0.366 e. The van der Waals surface area contributed by atoms with Crippen LogP contribution >= 0.6 is 0 Å². The Bertz CT molecular complexity index is 281. The molecule has 0 aliphatic rings. The average Bonchev–Trinajstić information content (AvgIpc) is 2.05. The molecule has 1 radical (unpaired) electrons. The molecule has 1 amide bonds. The van der Waals surface area contributed by atoms with E-state index in [0.717, 1.165) is 18.4 Å². The van der Waals surface area contributed by atoms with Crippen molar-refractivity contribution in [3.63, 3.8) is 0 Å². The third-order valence-corrected chi connectivity index (χ3v) is 1.73. The summed E-state index contributed by atoms with van der Waals surface area (Å²) in [6.45, 7) is 3.73. The Morgan fingerprint density at radius 3 is 2.67 bits per heavy atom. The fourth-order valence-electron chi connectivity index (χ4n) is 1.17. The Hall–Kier alpha value is -1.31. The second kappa shape index (κ2) is 3.90. The number of aryl methyl sites for hydroxylation is 1. The van der Waals surface area contributed by atoms with Gasteiger partial charge in [0.15, 0.2) is 0 Å². The predicted octanol–water partition coefficient (Wildman–Crippen LogP) is 1.55. The SMILES string of the molecule is [CH2]CCc1ccccc1C(N)=O. The maximum Gasteiger partial charge on any atom is 0.248 e. The van der Waals surface area contributed by atoms with Crippen molar-refractivity contribution in [3.05, 3.63) is 42.3 Å². The third-order valence-electron chi connectivity index (χ3n) is 1.73. The van der Waals surface area contributed by atoms with Gasteiger partial charge in [-0.3, -0.25) is 4.79 Å². The summed E-state index contributed by atoms with van der Waals surface area (Å²) in [6.07, 6.45) is 1.59. The van der Waals surface area contributed by atoms with Gasteiger partial charge >= 0.3 is 0 Å². The zero-order valence-corrected chi connectivity index (χ0v) is 6.92. The van der Waals surface area contributed by atoms with Crippen LogP contribution in [0.25, 0.3) is 0 Å². The highest BCUT2D eigenvalue weighted by molar-refractivity contribution is 5.94. The van der Waals surface area contributed by atoms with Crippen LogP contribution in [0.2, 0.25) is 0 Å². The quantitative estimate of drug-likeness (QED) is 0.720. The number of carbonyl (C=O) groups is 1. The summed E-state index contributed by atoms with van der Waals surface area (Å²) < 4.78 is 0. The highest BCUT2D eigenvalue weighted by Crippen LogP contribution is 2.09. The van der Waals surface area contributed by atoms with Gasteiger partial charge in [0.25, 0.3) is 0 Å². The summed E-state index contributed by atoms with van der Waals surface area (Å²) in [5.74, 6) is -0.362. The van der Waals surface area contributed by atoms with Gasteiger partial charge in [-0.25, -0.2) is 0 Å². The molecule has 0 aliphatic heterocycles. The normalized spacial score (nSPS) is 9.75. The smallest absolute Gasteiger partial charge is 0.248 e. The Morgan fingerprint density at radius 1 is 1.42 bits per heavy atom. The molecule has 0 aliphatic carbocycles. The molecule has 0 fully saturated rings. The van der Waals surface area contributed by atoms with Crippen molar-refractivity contribution in [2.45, 2.75) is 12.8 Å². The molecular formula is C10H12NO. The summed E-state index contributed by atoms with van der Waals surface area (Å²) in [4.78, 5) is 10.9. The molecule has 1 rings (SSSR count). The Morgan fingerprint density at radius 2 is 2.08 bits per heavy atom. The molecule has 2 nitrogen and oxygen atoms in total. The standard InChI is InChI=1S/C10H12NO/c1-2-5-8-6-3-4-7-9(8)10(11)12/h3-4,6-7H,1-2,5H2,(H2,11,12). The van der Waals surface area contributed by atoms with E-state index >= 15 is 0 Å². The lowest BCUT2D eigenvalue weighted by Crippen LogP contribution is -2.13. The molecule has 0 aromatic heterocycles. The zero-order chi connectivity index (χ0) is 8.97. The van der Waals surface area contributed by atoms with Crippen molar-refractivity contribution >= 4 is 5.91 Å². The van der Waals surface area contributed by atoms with E-state index in [4.69, 9.17) is 5.73 Å². The summed E-state index contributed by atoms with van der Waals surface area (Å²) >= 11 is 0. The molecule has 0 atom stereocenters. The van der Waals surface area contributed by atoms with Gasteiger partial charge in [-0.1, -0.05) is 25.1 Å². The van der Waals surface area contributed by atoms with Gasteiger partial charge in [0, 0.05) is 5.56 Å². The van der Waals surface area contributed by atoms with E-state index in [-0.39, 0.29) is 5.91 Å². The summed E-state index contributed by atoms with van der Waals surface area (Å²) in [6, 6.07) is 7.36. The number of amides is 1. The predicted molar refractivity (Wildman–Crippen MR) is 48.6 cm³/mol. The number of carbonyl (C=O) groups excluding carboxylic acids is 1. The second-order valence-electron chi connectivity index (χ2n) is 2.62. The minimum atomic E-state index is -0.362. The third kappa shape index (κ3) is 1.84. The molecule has 1 aromatic carbocycles. The van der Waals surface area contributed by atoms with E-state index in [9.17, 15) is 4.79 Å². The number of primary amides is 1. The van der Waals surface area contributed by atoms with Crippen LogP contribution in [-0.4, -0.2) is 5.91 Å². The molecule has 0 heterocycles. The lowest BCUT2D eigenvalue weighted by molar-refractivity contribution is 0.0999. The van der Waals surface area contributed by atoms with Crippen LogP contribution < -0.4 is 5.73 Å². The number of rotatable bonds is 3. The number of hydrogen-bond acceptors (Lipinski definition) is 1. The first-order valence-corrected chi connectivity index (χ1v) is 3.92. The van der Waals surface area contributed by atoms with Gasteiger partial charge in [-0.05, 0) is 24.5 Å². The zero-order valence-electron chi connectivity index (χ0n) is 6.92. The Labute approximate surface area is 72.4 Å². The van der Waals surface area contributed by atoms with E-state index in [2.05, 4.69) is 6.92 Å². The molecular weight excluding hydrogens is 150 g/mol. The summed E-state index contributed by atoms with van der Waals surface area (Å²) in [5.41, 5.74) is 6.78. The molecule has 0 saturated carbocycles. The molecule has 12 heavy (non-hydrogen) atoms. The van der Waals surface area contributed by atoms with Gasteiger partial charge in [-0.15, -0.1) is 0 Å². The maximum atomic E-state index is 10.9. The molecule has 0 bridgehead atoms. The van der Waals surface area contributed by atoms with Gasteiger partial charge < -0.3 is 5.73 Å². The monoisotopic (exact) mass is 162 g/mol. The molecule has 0 unspecified atom stereocenters. The lowest BCUT2D eigenvalue weighted by atomic mass is 10.0. The van der Waals surface area contributed by atoms with Crippen LogP contribution in [0.4, 0.5) is 0 Å². The first-order chi connectivity index (χ1) is 5.75. The van der Waals surface area contributed by atoms with Gasteiger partial charge in [0.2, 0.25) is 5.91 Å². The minimum absolute atomic E-state index is 0.362. The summed E-state index contributed by atoms with van der Waals surface area (Å²) in [7, 11) is 0. The molecule has 2 N–H and O–H groups in total. The van der Waals surface area contributed by atoms with Crippen molar-refractivity contribution in [2.75, 3.05) is 0 Å². The van der Waals surface area contributed by atoms with Crippen LogP contribution in [0.5, 0.6) is 0 Å². The van der Waals surface area contributed by atoms with Crippen molar-refractivity contribution in [1.82, 2.24) is 0 Å². The topological polar surface area (TPSA) is 43.1 Å². The molecule has 0 saturated heterocycles. The van der Waals surface area contributed by atoms with E-state index in [0.29, 0.717) is 5.56 Å². The highest BCUT2D eigenvalue weighted by Gasteiger charge is 2.04. The minimum Gasteiger partial charge on any atom is -0.366 e. The Balaban J connectivity index is 3.00. The van der Waals surface area contributed by atoms with E-state index in [1.165, 1.54) is 0 Å². The first kappa shape index (κ1) is 8.78. The fraction of sp³-hybridized carbons (Fsp3) is 0.200. The fourth-order valence-corrected chi connectivity index (χ4v) is 1.17. The van der Waals surface area contributed by atoms with Crippen molar-refractivity contribution in [1.29, 1.82) is 0 Å². The number of hydrogen-bond donors (Lipinski definition) is 1. The van der Waals surface area contributed by atoms with Crippen LogP contribution in [0, 0.1) is 6.92 Å². The van der Waals surface area contributed by atoms with Crippen molar-refractivity contribution in [2.24, 2.45) is 5.73 Å². The average molecular weight is 162 g/mol. The molecule has 0 spiro atoms. The first-order valence-electron chi connectivity index (χ1n) is 3.92. The molecule has 1 aromatic rings. The second-order valence-corrected chi connectivity index (χ2v) is 2.62. The van der Waals surface area contributed by atoms with Crippen LogP contribution in [0.15, 0.2) is 24.3 Å². The van der Waals surface area contributed by atoms with E-state index in [1.807, 2.05) is 18.2 Å². The van der Waals surface area contributed by atoms with Crippen molar-refractivity contribution in [3.8, 4) is 0 Å². The van der Waals surface area contributed by atoms with Gasteiger partial charge in [0.1, 0.15) is 0 Å². The van der Waals surface area contributed by atoms with Crippen LogP contribution in [0.3, 0.4) is 0 Å². The van der Waals surface area contributed by atoms with Crippen LogP contribution in [0.1, 0.15) is 22.3 Å². The van der Waals surface area contributed by atoms with Crippen LogP contribution in [-0.2, 0) is 6.42 Å². The Kier molecular flexibility index (Phi) is 2.86. The summed E-state index contributed by atoms with van der Waals surface area (Å²) in [5, 5.41) is 0. The lowest BCUT2D eigenvalue weighted by Gasteiger charge is -2.03. The van der Waals surface area contributed by atoms with Crippen molar-refractivity contribution < 1.29 is 4.79 Å². The molecule has 2 heteroatoms. The van der Waals surface area contributed by atoms with Gasteiger partial charge in [-0.2, -0.15) is 0 Å². The maximum absolute atomic E-state index is 10.9. The van der Waals surface area contributed by atoms with Gasteiger partial charge in [0.05, 0.1) is 0 Å². The van der Waals surface area contributed by atoms with E-state index < -0.39 is 0 Å². The number of benzene rings is 1. The highest BCUT2D eigenvalue weighted by atomic mass is 16.1. The van der Waals surface area contributed by atoms with E-state index in [1.54, 1.807) is 6.07 Å². The molecule has 63 valence electrons. The number of nitrogens with two attached hydrogens (primary N) is 1.